The lowest BCUT2D eigenvalue weighted by molar-refractivity contribution is 0.669. The molecular weight excluding hydrogens is 472 g/mol. The van der Waals surface area contributed by atoms with Gasteiger partial charge < -0.3 is 4.42 Å². The summed E-state index contributed by atoms with van der Waals surface area (Å²) in [6, 6.07) is 12.1. The first-order chi connectivity index (χ1) is 24.8. The van der Waals surface area contributed by atoms with E-state index in [0.29, 0.717) is 22.1 Å². The predicted molar refractivity (Wildman–Crippen MR) is 165 cm³/mol. The first-order valence-corrected chi connectivity index (χ1v) is 12.3. The first-order valence-electron chi connectivity index (χ1n) is 18.8. The first kappa shape index (κ1) is 12.6. The van der Waals surface area contributed by atoms with Gasteiger partial charge in [-0.15, -0.1) is 0 Å². The quantitative estimate of drug-likeness (QED) is 0.216. The molecule has 0 saturated heterocycles. The van der Waals surface area contributed by atoms with Crippen LogP contribution in [-0.4, -0.2) is 0 Å². The molecule has 0 atom stereocenters. The van der Waals surface area contributed by atoms with Gasteiger partial charge in [0.05, 0.1) is 17.8 Å². The molecule has 182 valence electrons. The molecule has 0 spiro atoms. The van der Waals surface area contributed by atoms with Crippen LogP contribution in [0.3, 0.4) is 0 Å². The Kier molecular flexibility index (Phi) is 2.82. The molecule has 1 nitrogen and oxygen atoms in total. The third-order valence-electron chi connectivity index (χ3n) is 6.99. The van der Waals surface area contributed by atoms with E-state index in [1.54, 1.807) is 18.2 Å². The van der Waals surface area contributed by atoms with Gasteiger partial charge in [0.25, 0.3) is 0 Å². The summed E-state index contributed by atoms with van der Waals surface area (Å²) in [7, 11) is 0. The Morgan fingerprint density at radius 1 is 0.436 bits per heavy atom. The largest absolute Gasteiger partial charge is 0.456 e. The van der Waals surface area contributed by atoms with E-state index < -0.39 is 84.1 Å². The van der Waals surface area contributed by atoms with Crippen LogP contribution in [0.1, 0.15) is 17.8 Å². The summed E-state index contributed by atoms with van der Waals surface area (Å²) in [5.74, 6) is 0. The number of benzene rings is 7. The standard InChI is InChI=1S/C38H24O/c1-3-12-25(13-4-1)28-20-11-21-35-38(28)33-24-27(22-23-34(33)39-35)37-31-18-9-7-16-29(31)36(26-14-5-2-6-15-26)30-17-8-10-19-32(30)37/h1-24H/i2D,5D,6D,7D,8D,9D,10D,14D,15D,16D,17D,18D,19D. The molecule has 0 bridgehead atoms. The Morgan fingerprint density at radius 2 is 1.05 bits per heavy atom. The van der Waals surface area contributed by atoms with Crippen LogP contribution in [0.25, 0.3) is 76.9 Å². The van der Waals surface area contributed by atoms with E-state index in [2.05, 4.69) is 0 Å². The van der Waals surface area contributed by atoms with Gasteiger partial charge in [0, 0.05) is 10.8 Å². The van der Waals surface area contributed by atoms with Crippen LogP contribution in [-0.2, 0) is 0 Å². The highest BCUT2D eigenvalue weighted by Gasteiger charge is 2.18. The molecule has 7 aromatic carbocycles. The van der Waals surface area contributed by atoms with Crippen LogP contribution in [0.15, 0.2) is 150 Å². The Balaban J connectivity index is 1.65. The molecule has 39 heavy (non-hydrogen) atoms. The maximum absolute atomic E-state index is 9.21. The lowest BCUT2D eigenvalue weighted by Crippen LogP contribution is -1.90. The summed E-state index contributed by atoms with van der Waals surface area (Å²) in [6.45, 7) is 0. The number of fused-ring (bicyclic) bond motifs is 5. The number of hydrogen-bond donors (Lipinski definition) is 0. The van der Waals surface area contributed by atoms with Crippen LogP contribution >= 0.6 is 0 Å². The Morgan fingerprint density at radius 3 is 1.72 bits per heavy atom. The summed E-state index contributed by atoms with van der Waals surface area (Å²) in [5, 5.41) is 0.628. The lowest BCUT2D eigenvalue weighted by Gasteiger charge is -2.17. The zero-order valence-corrected chi connectivity index (χ0v) is 20.3. The summed E-state index contributed by atoms with van der Waals surface area (Å²) >= 11 is 0. The van der Waals surface area contributed by atoms with Crippen molar-refractivity contribution in [3.8, 4) is 33.4 Å². The summed E-state index contributed by atoms with van der Waals surface area (Å²) < 4.78 is 120. The number of furan rings is 1. The van der Waals surface area contributed by atoms with Crippen molar-refractivity contribution in [3.05, 3.63) is 145 Å². The molecule has 0 unspecified atom stereocenters. The normalized spacial score (nSPS) is 16.3. The average molecular weight is 510 g/mol. The lowest BCUT2D eigenvalue weighted by atomic mass is 9.85. The second-order valence-electron chi connectivity index (χ2n) is 9.11. The van der Waals surface area contributed by atoms with Crippen molar-refractivity contribution in [3.63, 3.8) is 0 Å². The molecule has 0 N–H and O–H groups in total. The monoisotopic (exact) mass is 509 g/mol. The van der Waals surface area contributed by atoms with Crippen LogP contribution < -0.4 is 0 Å². The van der Waals surface area contributed by atoms with Crippen molar-refractivity contribution in [2.75, 3.05) is 0 Å². The van der Waals surface area contributed by atoms with E-state index in [1.807, 2.05) is 48.5 Å². The van der Waals surface area contributed by atoms with Gasteiger partial charge in [0.15, 0.2) is 0 Å². The second kappa shape index (κ2) is 8.72. The highest BCUT2D eigenvalue weighted by Crippen LogP contribution is 2.45. The third-order valence-corrected chi connectivity index (χ3v) is 6.99. The van der Waals surface area contributed by atoms with Crippen molar-refractivity contribution < 1.29 is 22.2 Å². The Labute approximate surface area is 244 Å². The fraction of sp³-hybridized carbons (Fsp3) is 0. The molecule has 1 heteroatoms. The predicted octanol–water partition coefficient (Wildman–Crippen LogP) is 10.9. The van der Waals surface area contributed by atoms with Gasteiger partial charge in [-0.2, -0.15) is 0 Å². The second-order valence-corrected chi connectivity index (χ2v) is 9.11. The van der Waals surface area contributed by atoms with Gasteiger partial charge in [-0.1, -0.05) is 127 Å². The van der Waals surface area contributed by atoms with Gasteiger partial charge in [0.1, 0.15) is 11.2 Å². The fourth-order valence-electron chi connectivity index (χ4n) is 5.38. The van der Waals surface area contributed by atoms with Crippen molar-refractivity contribution in [2.24, 2.45) is 0 Å². The van der Waals surface area contributed by atoms with Crippen LogP contribution in [0.4, 0.5) is 0 Å². The summed E-state index contributed by atoms with van der Waals surface area (Å²) in [5.41, 5.74) is 2.52. The fourth-order valence-corrected chi connectivity index (χ4v) is 5.38. The molecule has 8 aromatic rings. The maximum Gasteiger partial charge on any atom is 0.136 e. The zero-order valence-electron chi connectivity index (χ0n) is 33.3. The van der Waals surface area contributed by atoms with Gasteiger partial charge in [-0.05, 0) is 73.1 Å². The molecule has 8 rings (SSSR count). The van der Waals surface area contributed by atoms with E-state index >= 15 is 0 Å². The molecule has 1 aromatic heterocycles. The average Bonchev–Trinajstić information content (AvgIpc) is 3.54. The SMILES string of the molecule is [2H]c1c([2H])c([2H])c(-c2c3c([2H])c([2H])c([2H])c([2H])c3c(-c3ccc4oc5cccc(-c6ccccc6)c5c4c3)c3c([2H])c([2H])c([2H])c([2H])c23)c([2H])c1[2H]. The van der Waals surface area contributed by atoms with E-state index in [-0.39, 0.29) is 32.7 Å². The third kappa shape index (κ3) is 3.41. The zero-order chi connectivity index (χ0) is 37.1. The highest BCUT2D eigenvalue weighted by atomic mass is 16.3. The Bertz CT molecular complexity index is 2770. The van der Waals surface area contributed by atoms with Crippen LogP contribution in [0.5, 0.6) is 0 Å². The molecule has 0 aliphatic heterocycles. The van der Waals surface area contributed by atoms with Gasteiger partial charge in [0.2, 0.25) is 0 Å². The van der Waals surface area contributed by atoms with Gasteiger partial charge >= 0.3 is 0 Å². The molecular formula is C38H24O. The van der Waals surface area contributed by atoms with Crippen molar-refractivity contribution in [1.29, 1.82) is 0 Å². The maximum atomic E-state index is 9.21. The molecule has 0 radical (unpaired) electrons. The van der Waals surface area contributed by atoms with E-state index in [0.717, 1.165) is 16.5 Å². The topological polar surface area (TPSA) is 13.1 Å². The molecule has 0 amide bonds. The van der Waals surface area contributed by atoms with E-state index in [9.17, 15) is 2.74 Å². The minimum Gasteiger partial charge on any atom is -0.456 e. The summed E-state index contributed by atoms with van der Waals surface area (Å²) in [6.07, 6.45) is 0. The molecule has 1 heterocycles. The molecule has 0 aliphatic rings. The molecule has 0 saturated carbocycles. The van der Waals surface area contributed by atoms with Crippen molar-refractivity contribution in [1.82, 2.24) is 0 Å². The van der Waals surface area contributed by atoms with Crippen LogP contribution in [0.2, 0.25) is 0 Å². The molecule has 0 fully saturated rings. The highest BCUT2D eigenvalue weighted by molar-refractivity contribution is 6.22. The van der Waals surface area contributed by atoms with Crippen LogP contribution in [0, 0.1) is 0 Å². The smallest absolute Gasteiger partial charge is 0.136 e. The van der Waals surface area contributed by atoms with Gasteiger partial charge in [-0.3, -0.25) is 0 Å². The van der Waals surface area contributed by atoms with Gasteiger partial charge in [-0.25, -0.2) is 0 Å². The Hall–Kier alpha value is -5.14. The number of hydrogen-bond acceptors (Lipinski definition) is 1. The summed E-state index contributed by atoms with van der Waals surface area (Å²) in [4.78, 5) is 0. The van der Waals surface area contributed by atoms with Crippen molar-refractivity contribution >= 4 is 43.5 Å². The number of rotatable bonds is 3. The van der Waals surface area contributed by atoms with E-state index in [1.165, 1.54) is 0 Å². The van der Waals surface area contributed by atoms with E-state index in [4.69, 9.17) is 19.5 Å². The minimum absolute atomic E-state index is 0.0635. The molecule has 0 aliphatic carbocycles. The minimum atomic E-state index is -0.713. The van der Waals surface area contributed by atoms with Crippen molar-refractivity contribution in [2.45, 2.75) is 0 Å².